The number of aryl methyl sites for hydroxylation is 1. The average molecular weight is 406 g/mol. The second kappa shape index (κ2) is 7.70. The third kappa shape index (κ3) is 3.58. The zero-order chi connectivity index (χ0) is 18.8. The van der Waals surface area contributed by atoms with Crippen LogP contribution in [-0.2, 0) is 4.79 Å². The minimum Gasteiger partial charge on any atom is -0.496 e. The molecule has 1 heterocycles. The van der Waals surface area contributed by atoms with E-state index in [4.69, 9.17) is 33.3 Å². The van der Waals surface area contributed by atoms with Gasteiger partial charge in [-0.1, -0.05) is 47.7 Å². The van der Waals surface area contributed by atoms with Crippen molar-refractivity contribution in [2.24, 2.45) is 0 Å². The first-order chi connectivity index (χ1) is 12.4. The van der Waals surface area contributed by atoms with Gasteiger partial charge < -0.3 is 9.47 Å². The molecular formula is C19H16ClNO3S2. The molecule has 0 spiro atoms. The van der Waals surface area contributed by atoms with E-state index in [1.54, 1.807) is 32.4 Å². The molecule has 0 unspecified atom stereocenters. The van der Waals surface area contributed by atoms with Crippen LogP contribution in [0.3, 0.4) is 0 Å². The second-order valence-electron chi connectivity index (χ2n) is 5.57. The number of anilines is 1. The number of nitrogens with zero attached hydrogens (tertiary/aromatic N) is 1. The Labute approximate surface area is 166 Å². The molecule has 1 saturated heterocycles. The molecule has 0 saturated carbocycles. The molecule has 7 heteroatoms. The SMILES string of the molecule is COc1cc(/C=C2/SC(=S)N(c3ccc(OC)c(Cl)c3)C2=O)ccc1C. The van der Waals surface area contributed by atoms with Crippen LogP contribution in [-0.4, -0.2) is 24.4 Å². The van der Waals surface area contributed by atoms with Crippen molar-refractivity contribution in [1.29, 1.82) is 0 Å². The van der Waals surface area contributed by atoms with Gasteiger partial charge in [-0.05, 0) is 48.4 Å². The van der Waals surface area contributed by atoms with Gasteiger partial charge in [0.2, 0.25) is 0 Å². The number of benzene rings is 2. The lowest BCUT2D eigenvalue weighted by Crippen LogP contribution is -2.27. The van der Waals surface area contributed by atoms with Crippen molar-refractivity contribution >= 4 is 57.6 Å². The highest BCUT2D eigenvalue weighted by Gasteiger charge is 2.33. The molecule has 0 atom stereocenters. The van der Waals surface area contributed by atoms with Crippen molar-refractivity contribution < 1.29 is 14.3 Å². The van der Waals surface area contributed by atoms with E-state index >= 15 is 0 Å². The first kappa shape index (κ1) is 18.8. The Kier molecular flexibility index (Phi) is 5.55. The zero-order valence-corrected chi connectivity index (χ0v) is 16.8. The number of amides is 1. The highest BCUT2D eigenvalue weighted by molar-refractivity contribution is 8.27. The second-order valence-corrected chi connectivity index (χ2v) is 7.65. The summed E-state index contributed by atoms with van der Waals surface area (Å²) in [6, 6.07) is 10.9. The van der Waals surface area contributed by atoms with Gasteiger partial charge in [0.15, 0.2) is 4.32 Å². The number of methoxy groups -OCH3 is 2. The molecule has 0 aromatic heterocycles. The topological polar surface area (TPSA) is 38.8 Å². The Morgan fingerprint density at radius 2 is 1.85 bits per heavy atom. The standard InChI is InChI=1S/C19H16ClNO3S2/c1-11-4-5-12(8-16(11)24-3)9-17-18(22)21(19(25)26-17)13-6-7-15(23-2)14(20)10-13/h4-10H,1-3H3/b17-9+. The van der Waals surface area contributed by atoms with Crippen molar-refractivity contribution in [2.45, 2.75) is 6.92 Å². The molecule has 0 N–H and O–H groups in total. The van der Waals surface area contributed by atoms with Crippen molar-refractivity contribution in [2.75, 3.05) is 19.1 Å². The molecule has 4 nitrogen and oxygen atoms in total. The lowest BCUT2D eigenvalue weighted by Gasteiger charge is -2.15. The molecule has 26 heavy (non-hydrogen) atoms. The number of thiocarbonyl (C=S) groups is 1. The molecule has 2 aromatic rings. The number of halogens is 1. The van der Waals surface area contributed by atoms with Crippen LogP contribution in [0, 0.1) is 6.92 Å². The van der Waals surface area contributed by atoms with Gasteiger partial charge >= 0.3 is 0 Å². The monoisotopic (exact) mass is 405 g/mol. The molecule has 2 aromatic carbocycles. The van der Waals surface area contributed by atoms with Crippen LogP contribution in [0.25, 0.3) is 6.08 Å². The maximum atomic E-state index is 12.9. The van der Waals surface area contributed by atoms with E-state index < -0.39 is 0 Å². The summed E-state index contributed by atoms with van der Waals surface area (Å²) >= 11 is 12.8. The number of carbonyl (C=O) groups excluding carboxylic acids is 1. The number of carbonyl (C=O) groups is 1. The van der Waals surface area contributed by atoms with E-state index in [1.165, 1.54) is 16.7 Å². The molecule has 134 valence electrons. The minimum atomic E-state index is -0.180. The lowest BCUT2D eigenvalue weighted by molar-refractivity contribution is -0.113. The number of hydrogen-bond donors (Lipinski definition) is 0. The summed E-state index contributed by atoms with van der Waals surface area (Å²) in [5.74, 6) is 1.14. The zero-order valence-electron chi connectivity index (χ0n) is 14.4. The summed E-state index contributed by atoms with van der Waals surface area (Å²) in [4.78, 5) is 14.9. The smallest absolute Gasteiger partial charge is 0.270 e. The maximum absolute atomic E-state index is 12.9. The van der Waals surface area contributed by atoms with E-state index in [1.807, 2.05) is 31.2 Å². The van der Waals surface area contributed by atoms with Crippen LogP contribution < -0.4 is 14.4 Å². The first-order valence-corrected chi connectivity index (χ1v) is 9.31. The largest absolute Gasteiger partial charge is 0.496 e. The summed E-state index contributed by atoms with van der Waals surface area (Å²) in [6.45, 7) is 1.97. The van der Waals surface area contributed by atoms with Gasteiger partial charge in [-0.25, -0.2) is 0 Å². The fourth-order valence-electron chi connectivity index (χ4n) is 2.56. The fraction of sp³-hybridized carbons (Fsp3) is 0.158. The predicted molar refractivity (Wildman–Crippen MR) is 111 cm³/mol. The highest BCUT2D eigenvalue weighted by Crippen LogP contribution is 2.38. The van der Waals surface area contributed by atoms with Crippen molar-refractivity contribution in [3.63, 3.8) is 0 Å². The Hall–Kier alpha value is -2.02. The normalized spacial score (nSPS) is 15.7. The van der Waals surface area contributed by atoms with Gasteiger partial charge in [0.05, 0.1) is 29.8 Å². The van der Waals surface area contributed by atoms with Crippen LogP contribution in [0.15, 0.2) is 41.3 Å². The highest BCUT2D eigenvalue weighted by atomic mass is 35.5. The van der Waals surface area contributed by atoms with Crippen LogP contribution in [0.4, 0.5) is 5.69 Å². The van der Waals surface area contributed by atoms with Crippen molar-refractivity contribution in [1.82, 2.24) is 0 Å². The number of thioether (sulfide) groups is 1. The summed E-state index contributed by atoms with van der Waals surface area (Å²) < 4.78 is 11.0. The van der Waals surface area contributed by atoms with Crippen LogP contribution in [0.2, 0.25) is 5.02 Å². The molecule has 1 aliphatic rings. The summed E-state index contributed by atoms with van der Waals surface area (Å²) in [7, 11) is 3.16. The third-order valence-corrected chi connectivity index (χ3v) is 5.51. The quantitative estimate of drug-likeness (QED) is 0.524. The maximum Gasteiger partial charge on any atom is 0.270 e. The van der Waals surface area contributed by atoms with Gasteiger partial charge in [-0.3, -0.25) is 9.69 Å². The van der Waals surface area contributed by atoms with E-state index in [2.05, 4.69) is 0 Å². The molecule has 0 radical (unpaired) electrons. The molecule has 0 bridgehead atoms. The molecule has 3 rings (SSSR count). The molecule has 0 aliphatic carbocycles. The Morgan fingerprint density at radius 1 is 1.12 bits per heavy atom. The van der Waals surface area contributed by atoms with Gasteiger partial charge in [-0.2, -0.15) is 0 Å². The van der Waals surface area contributed by atoms with Crippen molar-refractivity contribution in [3.05, 3.63) is 57.5 Å². The van der Waals surface area contributed by atoms with Gasteiger partial charge in [-0.15, -0.1) is 0 Å². The number of hydrogen-bond acceptors (Lipinski definition) is 5. The van der Waals surface area contributed by atoms with E-state index in [-0.39, 0.29) is 5.91 Å². The Bertz CT molecular complexity index is 927. The third-order valence-electron chi connectivity index (χ3n) is 3.92. The van der Waals surface area contributed by atoms with Crippen LogP contribution in [0.5, 0.6) is 11.5 Å². The van der Waals surface area contributed by atoms with Crippen LogP contribution >= 0.6 is 35.6 Å². The van der Waals surface area contributed by atoms with Gasteiger partial charge in [0.1, 0.15) is 11.5 Å². The summed E-state index contributed by atoms with van der Waals surface area (Å²) in [6.07, 6.45) is 1.81. The number of rotatable bonds is 4. The van der Waals surface area contributed by atoms with Gasteiger partial charge in [0.25, 0.3) is 5.91 Å². The minimum absolute atomic E-state index is 0.180. The first-order valence-electron chi connectivity index (χ1n) is 7.70. The van der Waals surface area contributed by atoms with E-state index in [0.29, 0.717) is 25.7 Å². The Morgan fingerprint density at radius 3 is 2.50 bits per heavy atom. The Balaban J connectivity index is 1.93. The lowest BCUT2D eigenvalue weighted by atomic mass is 10.1. The predicted octanol–water partition coefficient (Wildman–Crippen LogP) is 5.07. The molecular weight excluding hydrogens is 390 g/mol. The van der Waals surface area contributed by atoms with Crippen molar-refractivity contribution in [3.8, 4) is 11.5 Å². The molecule has 1 amide bonds. The fourth-order valence-corrected chi connectivity index (χ4v) is 4.11. The van der Waals surface area contributed by atoms with Crippen LogP contribution in [0.1, 0.15) is 11.1 Å². The average Bonchev–Trinajstić information content (AvgIpc) is 2.90. The summed E-state index contributed by atoms with van der Waals surface area (Å²) in [5.41, 5.74) is 2.52. The molecule has 1 fully saturated rings. The van der Waals surface area contributed by atoms with E-state index in [9.17, 15) is 4.79 Å². The summed E-state index contributed by atoms with van der Waals surface area (Å²) in [5, 5.41) is 0.423. The van der Waals surface area contributed by atoms with E-state index in [0.717, 1.165) is 16.9 Å². The number of ether oxygens (including phenoxy) is 2. The molecule has 1 aliphatic heterocycles. The van der Waals surface area contributed by atoms with Gasteiger partial charge in [0, 0.05) is 0 Å².